The Kier molecular flexibility index (Phi) is 1.45. The van der Waals surface area contributed by atoms with Gasteiger partial charge in [-0.15, -0.1) is 0 Å². The molecule has 0 aliphatic heterocycles. The molecule has 1 aromatic heterocycles. The number of benzene rings is 2. The van der Waals surface area contributed by atoms with Gasteiger partial charge in [0.25, 0.3) is 0 Å². The van der Waals surface area contributed by atoms with Crippen LogP contribution < -0.4 is 11.5 Å². The number of furan rings is 1. The summed E-state index contributed by atoms with van der Waals surface area (Å²) in [5, 5.41) is 1.92. The first-order valence-electron chi connectivity index (χ1n) is 4.72. The zero-order chi connectivity index (χ0) is 10.4. The van der Waals surface area contributed by atoms with Crippen molar-refractivity contribution in [2.24, 2.45) is 0 Å². The molecule has 0 bridgehead atoms. The fourth-order valence-corrected chi connectivity index (χ4v) is 1.86. The van der Waals surface area contributed by atoms with Gasteiger partial charge in [-0.05, 0) is 18.2 Å². The van der Waals surface area contributed by atoms with Crippen molar-refractivity contribution in [2.45, 2.75) is 0 Å². The summed E-state index contributed by atoms with van der Waals surface area (Å²) < 4.78 is 5.65. The molecular weight excluding hydrogens is 188 g/mol. The van der Waals surface area contributed by atoms with Crippen LogP contribution in [0.1, 0.15) is 0 Å². The highest BCUT2D eigenvalue weighted by Gasteiger charge is 2.10. The second kappa shape index (κ2) is 2.67. The molecule has 0 atom stereocenters. The molecule has 0 unspecified atom stereocenters. The van der Waals surface area contributed by atoms with Gasteiger partial charge in [0.15, 0.2) is 0 Å². The molecular formula is C12H10N2O. The van der Waals surface area contributed by atoms with Gasteiger partial charge in [0.2, 0.25) is 0 Å². The van der Waals surface area contributed by atoms with E-state index in [2.05, 4.69) is 0 Å². The van der Waals surface area contributed by atoms with E-state index in [0.717, 1.165) is 21.9 Å². The quantitative estimate of drug-likeness (QED) is 0.546. The Bertz CT molecular complexity index is 655. The standard InChI is InChI=1S/C12H10N2O/c13-8-5-6-10-11(12(8)14)7-3-1-2-4-9(7)15-10/h1-6H,13-14H2. The average molecular weight is 198 g/mol. The van der Waals surface area contributed by atoms with Crippen LogP contribution in [0, 0.1) is 0 Å². The van der Waals surface area contributed by atoms with Crippen LogP contribution in [0.25, 0.3) is 21.9 Å². The summed E-state index contributed by atoms with van der Waals surface area (Å²) in [6, 6.07) is 11.4. The van der Waals surface area contributed by atoms with Gasteiger partial charge < -0.3 is 15.9 Å². The van der Waals surface area contributed by atoms with Crippen molar-refractivity contribution in [1.82, 2.24) is 0 Å². The van der Waals surface area contributed by atoms with E-state index in [4.69, 9.17) is 15.9 Å². The number of rotatable bonds is 0. The van der Waals surface area contributed by atoms with E-state index < -0.39 is 0 Å². The Morgan fingerprint density at radius 1 is 0.867 bits per heavy atom. The minimum absolute atomic E-state index is 0.592. The van der Waals surface area contributed by atoms with Gasteiger partial charge in [-0.2, -0.15) is 0 Å². The zero-order valence-electron chi connectivity index (χ0n) is 8.03. The predicted octanol–water partition coefficient (Wildman–Crippen LogP) is 2.75. The summed E-state index contributed by atoms with van der Waals surface area (Å²) in [7, 11) is 0. The number of nitrogens with two attached hydrogens (primary N) is 2. The van der Waals surface area contributed by atoms with Gasteiger partial charge in [-0.3, -0.25) is 0 Å². The van der Waals surface area contributed by atoms with Crippen molar-refractivity contribution < 1.29 is 4.42 Å². The van der Waals surface area contributed by atoms with Gasteiger partial charge >= 0.3 is 0 Å². The predicted molar refractivity (Wildman–Crippen MR) is 62.5 cm³/mol. The number of hydrogen-bond acceptors (Lipinski definition) is 3. The van der Waals surface area contributed by atoms with Crippen LogP contribution >= 0.6 is 0 Å². The highest BCUT2D eigenvalue weighted by atomic mass is 16.3. The first kappa shape index (κ1) is 8.17. The van der Waals surface area contributed by atoms with Crippen molar-refractivity contribution in [1.29, 1.82) is 0 Å². The third-order valence-electron chi connectivity index (χ3n) is 2.62. The molecule has 0 saturated carbocycles. The van der Waals surface area contributed by atoms with Crippen molar-refractivity contribution in [3.8, 4) is 0 Å². The molecule has 0 saturated heterocycles. The molecule has 4 N–H and O–H groups in total. The Balaban J connectivity index is 2.63. The zero-order valence-corrected chi connectivity index (χ0v) is 8.03. The number of para-hydroxylation sites is 1. The maximum atomic E-state index is 5.94. The number of fused-ring (bicyclic) bond motifs is 3. The first-order valence-corrected chi connectivity index (χ1v) is 4.72. The van der Waals surface area contributed by atoms with E-state index in [-0.39, 0.29) is 0 Å². The van der Waals surface area contributed by atoms with Crippen LogP contribution in [0.5, 0.6) is 0 Å². The van der Waals surface area contributed by atoms with Gasteiger partial charge in [0.1, 0.15) is 11.2 Å². The minimum Gasteiger partial charge on any atom is -0.456 e. The number of anilines is 2. The fourth-order valence-electron chi connectivity index (χ4n) is 1.86. The largest absolute Gasteiger partial charge is 0.456 e. The molecule has 0 spiro atoms. The maximum absolute atomic E-state index is 5.94. The first-order chi connectivity index (χ1) is 7.27. The Labute approximate surface area is 86.3 Å². The van der Waals surface area contributed by atoms with Crippen LogP contribution in [-0.4, -0.2) is 0 Å². The second-order valence-corrected chi connectivity index (χ2v) is 3.54. The SMILES string of the molecule is Nc1ccc2oc3ccccc3c2c1N. The van der Waals surface area contributed by atoms with E-state index in [1.807, 2.05) is 30.3 Å². The highest BCUT2D eigenvalue weighted by Crippen LogP contribution is 2.35. The normalized spacial score (nSPS) is 11.2. The molecule has 0 aliphatic carbocycles. The summed E-state index contributed by atoms with van der Waals surface area (Å²) in [4.78, 5) is 0. The molecule has 3 heteroatoms. The molecule has 15 heavy (non-hydrogen) atoms. The smallest absolute Gasteiger partial charge is 0.137 e. The monoisotopic (exact) mass is 198 g/mol. The molecule has 0 radical (unpaired) electrons. The Hall–Kier alpha value is -2.16. The minimum atomic E-state index is 0.592. The molecule has 3 aromatic rings. The third kappa shape index (κ3) is 1.00. The topological polar surface area (TPSA) is 65.2 Å². The summed E-state index contributed by atoms with van der Waals surface area (Å²) in [5.74, 6) is 0. The third-order valence-corrected chi connectivity index (χ3v) is 2.62. The van der Waals surface area contributed by atoms with Crippen molar-refractivity contribution >= 4 is 33.3 Å². The van der Waals surface area contributed by atoms with Crippen LogP contribution in [-0.2, 0) is 0 Å². The summed E-state index contributed by atoms with van der Waals surface area (Å²) in [6.07, 6.45) is 0. The van der Waals surface area contributed by atoms with Crippen molar-refractivity contribution in [2.75, 3.05) is 11.5 Å². The molecule has 0 fully saturated rings. The van der Waals surface area contributed by atoms with E-state index in [1.54, 1.807) is 6.07 Å². The Morgan fingerprint density at radius 2 is 1.67 bits per heavy atom. The van der Waals surface area contributed by atoms with Crippen LogP contribution in [0.3, 0.4) is 0 Å². The van der Waals surface area contributed by atoms with Crippen LogP contribution in [0.2, 0.25) is 0 Å². The van der Waals surface area contributed by atoms with E-state index in [0.29, 0.717) is 11.4 Å². The molecule has 1 heterocycles. The van der Waals surface area contributed by atoms with Gasteiger partial charge in [0, 0.05) is 5.39 Å². The lowest BCUT2D eigenvalue weighted by Gasteiger charge is -1.99. The molecule has 0 amide bonds. The van der Waals surface area contributed by atoms with Gasteiger partial charge in [-0.1, -0.05) is 18.2 Å². The lowest BCUT2D eigenvalue weighted by Crippen LogP contribution is -1.93. The molecule has 0 aliphatic rings. The number of hydrogen-bond donors (Lipinski definition) is 2. The summed E-state index contributed by atoms with van der Waals surface area (Å²) in [6.45, 7) is 0. The Morgan fingerprint density at radius 3 is 2.53 bits per heavy atom. The van der Waals surface area contributed by atoms with Gasteiger partial charge in [-0.25, -0.2) is 0 Å². The summed E-state index contributed by atoms with van der Waals surface area (Å²) in [5.41, 5.74) is 14.5. The van der Waals surface area contributed by atoms with E-state index in [9.17, 15) is 0 Å². The molecule has 2 aromatic carbocycles. The second-order valence-electron chi connectivity index (χ2n) is 3.54. The van der Waals surface area contributed by atoms with E-state index >= 15 is 0 Å². The summed E-state index contributed by atoms with van der Waals surface area (Å²) >= 11 is 0. The fraction of sp³-hybridized carbons (Fsp3) is 0. The molecule has 3 nitrogen and oxygen atoms in total. The highest BCUT2D eigenvalue weighted by molar-refractivity contribution is 6.13. The van der Waals surface area contributed by atoms with Crippen LogP contribution in [0.15, 0.2) is 40.8 Å². The van der Waals surface area contributed by atoms with E-state index in [1.165, 1.54) is 0 Å². The van der Waals surface area contributed by atoms with Crippen LogP contribution in [0.4, 0.5) is 11.4 Å². The lowest BCUT2D eigenvalue weighted by molar-refractivity contribution is 0.669. The van der Waals surface area contributed by atoms with Gasteiger partial charge in [0.05, 0.1) is 16.8 Å². The number of nitrogen functional groups attached to an aromatic ring is 2. The van der Waals surface area contributed by atoms with Crippen molar-refractivity contribution in [3.63, 3.8) is 0 Å². The van der Waals surface area contributed by atoms with Crippen molar-refractivity contribution in [3.05, 3.63) is 36.4 Å². The molecule has 74 valence electrons. The maximum Gasteiger partial charge on any atom is 0.137 e. The lowest BCUT2D eigenvalue weighted by atomic mass is 10.1. The average Bonchev–Trinajstić information content (AvgIpc) is 2.62. The molecule has 3 rings (SSSR count).